The predicted octanol–water partition coefficient (Wildman–Crippen LogP) is 12.3. The van der Waals surface area contributed by atoms with Gasteiger partial charge in [-0.15, -0.1) is 0 Å². The first kappa shape index (κ1) is 28.3. The summed E-state index contributed by atoms with van der Waals surface area (Å²) < 4.78 is 8.88. The molecule has 0 saturated carbocycles. The molecule has 0 bridgehead atoms. The molecule has 10 aromatic rings. The molecule has 0 N–H and O–H groups in total. The molecule has 7 aromatic carbocycles. The van der Waals surface area contributed by atoms with E-state index in [-0.39, 0.29) is 5.41 Å². The van der Waals surface area contributed by atoms with Crippen molar-refractivity contribution in [1.29, 1.82) is 0 Å². The second kappa shape index (κ2) is 10.3. The van der Waals surface area contributed by atoms with E-state index in [9.17, 15) is 0 Å². The minimum absolute atomic E-state index is 0.0827. The minimum Gasteiger partial charge on any atom is -0.455 e. The third kappa shape index (κ3) is 3.96. The molecular formula is C47H31N3O. The van der Waals surface area contributed by atoms with Crippen LogP contribution in [0.4, 0.5) is 0 Å². The second-order valence-electron chi connectivity index (χ2n) is 14.2. The molecule has 0 spiro atoms. The average Bonchev–Trinajstić information content (AvgIpc) is 3.80. The molecule has 3 aromatic heterocycles. The Morgan fingerprint density at radius 1 is 0.510 bits per heavy atom. The van der Waals surface area contributed by atoms with Crippen LogP contribution in [0.15, 0.2) is 156 Å². The molecule has 0 radical (unpaired) electrons. The van der Waals surface area contributed by atoms with Crippen molar-refractivity contribution in [3.63, 3.8) is 0 Å². The molecule has 0 amide bonds. The molecule has 0 fully saturated rings. The Bertz CT molecular complexity index is 3060. The Kier molecular flexibility index (Phi) is 5.70. The molecule has 0 aliphatic heterocycles. The van der Waals surface area contributed by atoms with Crippen molar-refractivity contribution >= 4 is 54.6 Å². The smallest absolute Gasteiger partial charge is 0.235 e. The number of nitrogens with zero attached hydrogens (tertiary/aromatic N) is 3. The van der Waals surface area contributed by atoms with E-state index < -0.39 is 0 Å². The maximum absolute atomic E-state index is 6.65. The second-order valence-corrected chi connectivity index (χ2v) is 14.2. The first-order valence-electron chi connectivity index (χ1n) is 17.5. The van der Waals surface area contributed by atoms with Crippen LogP contribution in [0.2, 0.25) is 0 Å². The van der Waals surface area contributed by atoms with E-state index in [0.717, 1.165) is 71.5 Å². The fourth-order valence-corrected chi connectivity index (χ4v) is 8.54. The highest BCUT2D eigenvalue weighted by Crippen LogP contribution is 2.50. The molecular weight excluding hydrogens is 623 g/mol. The number of benzene rings is 7. The van der Waals surface area contributed by atoms with E-state index in [0.29, 0.717) is 5.95 Å². The highest BCUT2D eigenvalue weighted by atomic mass is 16.3. The largest absolute Gasteiger partial charge is 0.455 e. The Labute approximate surface area is 294 Å². The molecule has 240 valence electrons. The van der Waals surface area contributed by atoms with Crippen LogP contribution in [-0.4, -0.2) is 14.5 Å². The molecule has 4 heteroatoms. The maximum atomic E-state index is 6.65. The summed E-state index contributed by atoms with van der Waals surface area (Å²) in [6, 6.07) is 53.9. The molecule has 0 atom stereocenters. The van der Waals surface area contributed by atoms with Crippen LogP contribution < -0.4 is 0 Å². The third-order valence-electron chi connectivity index (χ3n) is 11.0. The summed E-state index contributed by atoms with van der Waals surface area (Å²) in [6.07, 6.45) is 0. The lowest BCUT2D eigenvalue weighted by Gasteiger charge is -2.22. The number of hydrogen-bond donors (Lipinski definition) is 0. The maximum Gasteiger partial charge on any atom is 0.235 e. The van der Waals surface area contributed by atoms with Crippen LogP contribution >= 0.6 is 0 Å². The van der Waals surface area contributed by atoms with Crippen molar-refractivity contribution in [1.82, 2.24) is 14.5 Å². The van der Waals surface area contributed by atoms with Gasteiger partial charge in [-0.3, -0.25) is 4.57 Å². The summed E-state index contributed by atoms with van der Waals surface area (Å²) in [6.45, 7) is 4.67. The Balaban J connectivity index is 1.21. The van der Waals surface area contributed by atoms with Crippen LogP contribution in [0.3, 0.4) is 0 Å². The molecule has 1 aliphatic carbocycles. The van der Waals surface area contributed by atoms with E-state index in [2.05, 4.69) is 146 Å². The summed E-state index contributed by atoms with van der Waals surface area (Å²) in [5.41, 5.74) is 14.3. The third-order valence-corrected chi connectivity index (χ3v) is 11.0. The predicted molar refractivity (Wildman–Crippen MR) is 210 cm³/mol. The first-order chi connectivity index (χ1) is 25.0. The van der Waals surface area contributed by atoms with Crippen LogP contribution in [0, 0.1) is 0 Å². The lowest BCUT2D eigenvalue weighted by molar-refractivity contribution is 0.660. The van der Waals surface area contributed by atoms with Crippen molar-refractivity contribution < 1.29 is 4.42 Å². The molecule has 0 unspecified atom stereocenters. The van der Waals surface area contributed by atoms with Gasteiger partial charge in [-0.2, -0.15) is 0 Å². The van der Waals surface area contributed by atoms with Crippen LogP contribution in [-0.2, 0) is 5.41 Å². The van der Waals surface area contributed by atoms with Crippen LogP contribution in [0.5, 0.6) is 0 Å². The lowest BCUT2D eigenvalue weighted by atomic mass is 9.81. The van der Waals surface area contributed by atoms with Gasteiger partial charge < -0.3 is 4.42 Å². The molecule has 0 saturated heterocycles. The Morgan fingerprint density at radius 2 is 1.22 bits per heavy atom. The van der Waals surface area contributed by atoms with Gasteiger partial charge in [0, 0.05) is 32.5 Å². The quantitative estimate of drug-likeness (QED) is 0.191. The average molecular weight is 654 g/mol. The Hall–Kier alpha value is -6.52. The van der Waals surface area contributed by atoms with Gasteiger partial charge >= 0.3 is 0 Å². The van der Waals surface area contributed by atoms with E-state index in [4.69, 9.17) is 14.4 Å². The van der Waals surface area contributed by atoms with Crippen molar-refractivity contribution in [2.24, 2.45) is 0 Å². The number of aromatic nitrogens is 3. The summed E-state index contributed by atoms with van der Waals surface area (Å²) in [4.78, 5) is 10.6. The van der Waals surface area contributed by atoms with E-state index >= 15 is 0 Å². The standard InChI is InChI=1S/C47H31N3O/c1-47(2)37-17-9-6-14-31(37)32-22-20-29(26-38(32)47)30-21-23-36-41(27-30)50(40-25-24-34-33-15-8-11-19-42(33)51-45(34)43(36)40)46-48-39-18-10-7-16-35(39)44(49-46)28-12-4-3-5-13-28/h3-27H,1-2H3. The van der Waals surface area contributed by atoms with E-state index in [1.54, 1.807) is 0 Å². The van der Waals surface area contributed by atoms with Crippen molar-refractivity contribution in [2.45, 2.75) is 19.3 Å². The van der Waals surface area contributed by atoms with Crippen molar-refractivity contribution in [3.8, 4) is 39.5 Å². The van der Waals surface area contributed by atoms with Crippen LogP contribution in [0.25, 0.3) is 94.1 Å². The van der Waals surface area contributed by atoms with Crippen LogP contribution in [0.1, 0.15) is 25.0 Å². The number of para-hydroxylation sites is 2. The van der Waals surface area contributed by atoms with Gasteiger partial charge in [-0.1, -0.05) is 129 Å². The summed E-state index contributed by atoms with van der Waals surface area (Å²) in [5.74, 6) is 0.630. The van der Waals surface area contributed by atoms with Gasteiger partial charge in [0.25, 0.3) is 0 Å². The number of furan rings is 1. The normalized spacial score (nSPS) is 13.5. The minimum atomic E-state index is -0.0827. The molecule has 11 rings (SSSR count). The summed E-state index contributed by atoms with van der Waals surface area (Å²) >= 11 is 0. The highest BCUT2D eigenvalue weighted by molar-refractivity contribution is 6.24. The fraction of sp³-hybridized carbons (Fsp3) is 0.0638. The molecule has 3 heterocycles. The Morgan fingerprint density at radius 3 is 2.12 bits per heavy atom. The van der Waals surface area contributed by atoms with Gasteiger partial charge in [0.2, 0.25) is 5.95 Å². The fourth-order valence-electron chi connectivity index (χ4n) is 8.54. The first-order valence-corrected chi connectivity index (χ1v) is 17.5. The number of rotatable bonds is 3. The zero-order valence-corrected chi connectivity index (χ0v) is 28.2. The number of hydrogen-bond acceptors (Lipinski definition) is 3. The van der Waals surface area contributed by atoms with Gasteiger partial charge in [0.15, 0.2) is 0 Å². The SMILES string of the molecule is CC1(C)c2ccccc2-c2ccc(-c3ccc4c5c6oc7ccccc7c6ccc5n(-c5nc(-c6ccccc6)c6ccccc6n5)c4c3)cc21. The van der Waals surface area contributed by atoms with E-state index in [1.165, 1.54) is 27.8 Å². The molecule has 4 nitrogen and oxygen atoms in total. The zero-order valence-electron chi connectivity index (χ0n) is 28.2. The van der Waals surface area contributed by atoms with Crippen molar-refractivity contribution in [2.75, 3.05) is 0 Å². The topological polar surface area (TPSA) is 43.9 Å². The van der Waals surface area contributed by atoms with Gasteiger partial charge in [0.05, 0.1) is 27.6 Å². The lowest BCUT2D eigenvalue weighted by Crippen LogP contribution is -2.14. The molecule has 51 heavy (non-hydrogen) atoms. The highest BCUT2D eigenvalue weighted by Gasteiger charge is 2.35. The molecule has 1 aliphatic rings. The van der Waals surface area contributed by atoms with E-state index in [1.807, 2.05) is 24.3 Å². The van der Waals surface area contributed by atoms with Crippen molar-refractivity contribution in [3.05, 3.63) is 163 Å². The van der Waals surface area contributed by atoms with Gasteiger partial charge in [0.1, 0.15) is 11.2 Å². The summed E-state index contributed by atoms with van der Waals surface area (Å²) in [7, 11) is 0. The zero-order chi connectivity index (χ0) is 33.8. The van der Waals surface area contributed by atoms with Gasteiger partial charge in [-0.05, 0) is 69.8 Å². The summed E-state index contributed by atoms with van der Waals surface area (Å²) in [5, 5.41) is 5.41. The number of fused-ring (bicyclic) bond motifs is 11. The monoisotopic (exact) mass is 653 g/mol. The van der Waals surface area contributed by atoms with Gasteiger partial charge in [-0.25, -0.2) is 9.97 Å².